The molecule has 0 bridgehead atoms. The molecule has 5 heteroatoms. The number of hydrogen-bond donors (Lipinski definition) is 4. The molecule has 0 radical (unpaired) electrons. The summed E-state index contributed by atoms with van der Waals surface area (Å²) < 4.78 is 0. The zero-order valence-corrected chi connectivity index (χ0v) is 30.5. The first-order chi connectivity index (χ1) is 22.1. The molecule has 0 aromatic rings. The van der Waals surface area contributed by atoms with E-state index >= 15 is 0 Å². The van der Waals surface area contributed by atoms with Gasteiger partial charge in [-0.1, -0.05) is 206 Å². The van der Waals surface area contributed by atoms with Crippen LogP contribution >= 0.6 is 0 Å². The molecule has 0 rings (SSSR count). The van der Waals surface area contributed by atoms with Crippen molar-refractivity contribution in [2.75, 3.05) is 6.61 Å². The van der Waals surface area contributed by atoms with E-state index in [0.717, 1.165) is 38.5 Å². The molecule has 0 aliphatic rings. The van der Waals surface area contributed by atoms with E-state index in [4.69, 9.17) is 0 Å². The topological polar surface area (TPSA) is 89.8 Å². The molecule has 4 N–H and O–H groups in total. The summed E-state index contributed by atoms with van der Waals surface area (Å²) in [6.07, 6.45) is 39.1. The molecule has 0 aromatic carbocycles. The standard InChI is InChI=1S/C40H81NO4/c1-3-5-7-9-11-13-15-17-18-19-20-21-22-23-25-27-29-31-33-35-39(44)41-37(36-42)40(45)38(43)34-32-30-28-26-24-16-14-12-10-8-6-4-2/h37-38,40,42-43,45H,3-36H2,1-2H3,(H,41,44). The number of carbonyl (C=O) groups is 1. The molecule has 0 fully saturated rings. The Labute approximate surface area is 281 Å². The highest BCUT2D eigenvalue weighted by Gasteiger charge is 2.26. The zero-order valence-electron chi connectivity index (χ0n) is 30.5. The minimum atomic E-state index is -1.13. The Kier molecular flexibility index (Phi) is 35.7. The van der Waals surface area contributed by atoms with Crippen molar-refractivity contribution in [2.24, 2.45) is 0 Å². The quantitative estimate of drug-likeness (QED) is 0.0509. The monoisotopic (exact) mass is 640 g/mol. The second-order valence-electron chi connectivity index (χ2n) is 14.2. The molecular formula is C40H81NO4. The van der Waals surface area contributed by atoms with Crippen LogP contribution in [0, 0.1) is 0 Å². The van der Waals surface area contributed by atoms with Crippen molar-refractivity contribution in [3.05, 3.63) is 0 Å². The lowest BCUT2D eigenvalue weighted by Crippen LogP contribution is -2.50. The lowest BCUT2D eigenvalue weighted by atomic mass is 9.99. The molecule has 5 nitrogen and oxygen atoms in total. The van der Waals surface area contributed by atoms with Gasteiger partial charge in [-0.2, -0.15) is 0 Å². The van der Waals surface area contributed by atoms with Gasteiger partial charge in [0.15, 0.2) is 0 Å². The number of amides is 1. The first kappa shape index (κ1) is 44.4. The number of rotatable bonds is 37. The number of aliphatic hydroxyl groups excluding tert-OH is 3. The predicted molar refractivity (Wildman–Crippen MR) is 195 cm³/mol. The summed E-state index contributed by atoms with van der Waals surface area (Å²) >= 11 is 0. The minimum absolute atomic E-state index is 0.141. The first-order valence-corrected chi connectivity index (χ1v) is 20.3. The van der Waals surface area contributed by atoms with E-state index in [1.54, 1.807) is 0 Å². The SMILES string of the molecule is CCCCCCCCCCCCCCCCCCCCCC(=O)NC(CO)C(O)C(O)CCCCCCCCCCCCCC. The molecule has 0 saturated heterocycles. The van der Waals surface area contributed by atoms with Gasteiger partial charge in [-0.15, -0.1) is 0 Å². The van der Waals surface area contributed by atoms with Crippen LogP contribution in [0.1, 0.15) is 226 Å². The number of carbonyl (C=O) groups excluding carboxylic acids is 1. The van der Waals surface area contributed by atoms with Gasteiger partial charge in [0, 0.05) is 6.42 Å². The van der Waals surface area contributed by atoms with E-state index in [2.05, 4.69) is 19.2 Å². The third-order valence-electron chi connectivity index (χ3n) is 9.71. The summed E-state index contributed by atoms with van der Waals surface area (Å²) in [6.45, 7) is 4.18. The van der Waals surface area contributed by atoms with Gasteiger partial charge in [-0.25, -0.2) is 0 Å². The Morgan fingerprint density at radius 2 is 0.756 bits per heavy atom. The lowest BCUT2D eigenvalue weighted by molar-refractivity contribution is -0.124. The van der Waals surface area contributed by atoms with Crippen molar-refractivity contribution >= 4 is 5.91 Å². The fourth-order valence-electron chi connectivity index (χ4n) is 6.52. The lowest BCUT2D eigenvalue weighted by Gasteiger charge is -2.26. The number of nitrogens with one attached hydrogen (secondary N) is 1. The van der Waals surface area contributed by atoms with Crippen LogP contribution in [-0.4, -0.2) is 46.1 Å². The van der Waals surface area contributed by atoms with Crippen LogP contribution in [0.2, 0.25) is 0 Å². The number of aliphatic hydroxyl groups is 3. The molecule has 0 aliphatic carbocycles. The van der Waals surface area contributed by atoms with E-state index in [1.165, 1.54) is 161 Å². The van der Waals surface area contributed by atoms with Gasteiger partial charge < -0.3 is 20.6 Å². The average Bonchev–Trinajstić information content (AvgIpc) is 3.04. The number of unbranched alkanes of at least 4 members (excludes halogenated alkanes) is 29. The molecule has 0 spiro atoms. The highest BCUT2D eigenvalue weighted by atomic mass is 16.3. The maximum absolute atomic E-state index is 12.4. The van der Waals surface area contributed by atoms with Gasteiger partial charge in [0.25, 0.3) is 0 Å². The second-order valence-corrected chi connectivity index (χ2v) is 14.2. The zero-order chi connectivity index (χ0) is 33.1. The second kappa shape index (κ2) is 36.2. The van der Waals surface area contributed by atoms with E-state index < -0.39 is 18.2 Å². The van der Waals surface area contributed by atoms with Crippen LogP contribution in [0.3, 0.4) is 0 Å². The summed E-state index contributed by atoms with van der Waals surface area (Å²) in [7, 11) is 0. The van der Waals surface area contributed by atoms with Gasteiger partial charge in [0.05, 0.1) is 18.8 Å². The molecular weight excluding hydrogens is 558 g/mol. The van der Waals surface area contributed by atoms with Crippen LogP contribution in [0.5, 0.6) is 0 Å². The molecule has 0 saturated carbocycles. The van der Waals surface area contributed by atoms with Crippen molar-refractivity contribution < 1.29 is 20.1 Å². The van der Waals surface area contributed by atoms with Crippen LogP contribution in [0.4, 0.5) is 0 Å². The minimum Gasteiger partial charge on any atom is -0.394 e. The van der Waals surface area contributed by atoms with E-state index in [-0.39, 0.29) is 12.5 Å². The van der Waals surface area contributed by atoms with Crippen LogP contribution in [-0.2, 0) is 4.79 Å². The average molecular weight is 640 g/mol. The smallest absolute Gasteiger partial charge is 0.220 e. The van der Waals surface area contributed by atoms with Crippen molar-refractivity contribution in [2.45, 2.75) is 244 Å². The molecule has 0 aromatic heterocycles. The van der Waals surface area contributed by atoms with E-state index in [1.807, 2.05) is 0 Å². The van der Waals surface area contributed by atoms with Gasteiger partial charge >= 0.3 is 0 Å². The first-order valence-electron chi connectivity index (χ1n) is 20.3. The van der Waals surface area contributed by atoms with Gasteiger partial charge in [-0.3, -0.25) is 4.79 Å². The van der Waals surface area contributed by atoms with Crippen LogP contribution in [0.15, 0.2) is 0 Å². The summed E-state index contributed by atoms with van der Waals surface area (Å²) in [5.41, 5.74) is 0. The highest BCUT2D eigenvalue weighted by molar-refractivity contribution is 5.76. The van der Waals surface area contributed by atoms with Crippen LogP contribution < -0.4 is 5.32 Å². The fraction of sp³-hybridized carbons (Fsp3) is 0.975. The Bertz CT molecular complexity index is 587. The number of hydrogen-bond acceptors (Lipinski definition) is 4. The van der Waals surface area contributed by atoms with Crippen molar-refractivity contribution in [1.82, 2.24) is 5.32 Å². The Morgan fingerprint density at radius 3 is 1.07 bits per heavy atom. The van der Waals surface area contributed by atoms with Crippen molar-refractivity contribution in [3.8, 4) is 0 Å². The summed E-state index contributed by atoms with van der Waals surface area (Å²) in [5.74, 6) is -0.141. The Hall–Kier alpha value is -0.650. The van der Waals surface area contributed by atoms with E-state index in [9.17, 15) is 20.1 Å². The summed E-state index contributed by atoms with van der Waals surface area (Å²) in [6, 6.07) is -0.801. The Morgan fingerprint density at radius 1 is 0.467 bits per heavy atom. The van der Waals surface area contributed by atoms with Gasteiger partial charge in [0.2, 0.25) is 5.91 Å². The van der Waals surface area contributed by atoms with Gasteiger partial charge in [-0.05, 0) is 12.8 Å². The van der Waals surface area contributed by atoms with Crippen molar-refractivity contribution in [1.29, 1.82) is 0 Å². The highest BCUT2D eigenvalue weighted by Crippen LogP contribution is 2.16. The van der Waals surface area contributed by atoms with Gasteiger partial charge in [0.1, 0.15) is 6.10 Å². The summed E-state index contributed by atoms with van der Waals surface area (Å²) in [4.78, 5) is 12.4. The third-order valence-corrected chi connectivity index (χ3v) is 9.71. The fourth-order valence-corrected chi connectivity index (χ4v) is 6.52. The molecule has 270 valence electrons. The predicted octanol–water partition coefficient (Wildman–Crippen LogP) is 11.1. The normalized spacial score (nSPS) is 13.6. The molecule has 45 heavy (non-hydrogen) atoms. The Balaban J connectivity index is 3.59. The van der Waals surface area contributed by atoms with E-state index in [0.29, 0.717) is 12.8 Å². The van der Waals surface area contributed by atoms with Crippen molar-refractivity contribution in [3.63, 3.8) is 0 Å². The molecule has 0 aliphatic heterocycles. The van der Waals surface area contributed by atoms with Crippen LogP contribution in [0.25, 0.3) is 0 Å². The maximum Gasteiger partial charge on any atom is 0.220 e. The largest absolute Gasteiger partial charge is 0.394 e. The molecule has 3 atom stereocenters. The molecule has 0 heterocycles. The third kappa shape index (κ3) is 31.7. The maximum atomic E-state index is 12.4. The summed E-state index contributed by atoms with van der Waals surface area (Å²) in [5, 5.41) is 33.4. The molecule has 3 unspecified atom stereocenters. The molecule has 1 amide bonds.